The van der Waals surface area contributed by atoms with Gasteiger partial charge in [-0.1, -0.05) is 62.4 Å². The predicted molar refractivity (Wildman–Crippen MR) is 156 cm³/mol. The third-order valence-electron chi connectivity index (χ3n) is 6.12. The van der Waals surface area contributed by atoms with Gasteiger partial charge >= 0.3 is 0 Å². The fourth-order valence-corrected chi connectivity index (χ4v) is 4.24. The number of ether oxygens (including phenoxy) is 4. The number of nitrogens with one attached hydrogen (secondary N) is 1. The molecule has 1 unspecified atom stereocenters. The first-order chi connectivity index (χ1) is 18.0. The van der Waals surface area contributed by atoms with Crippen molar-refractivity contribution in [2.24, 2.45) is 5.92 Å². The van der Waals surface area contributed by atoms with E-state index in [9.17, 15) is 0 Å². The summed E-state index contributed by atoms with van der Waals surface area (Å²) in [5.41, 5.74) is 4.72. The summed E-state index contributed by atoms with van der Waals surface area (Å²) in [4.78, 5) is 0. The Hall–Kier alpha value is -3.44. The normalized spacial score (nSPS) is 13.3. The molecule has 2 aromatic carbocycles. The number of hydrogen-bond donors (Lipinski definition) is 1. The molecule has 37 heavy (non-hydrogen) atoms. The first-order valence-electron chi connectivity index (χ1n) is 12.9. The maximum absolute atomic E-state index is 5.49. The monoisotopic (exact) mass is 505 g/mol. The second kappa shape index (κ2) is 16.3. The number of rotatable bonds is 15. The van der Waals surface area contributed by atoms with E-state index >= 15 is 0 Å². The van der Waals surface area contributed by atoms with Gasteiger partial charge in [-0.05, 0) is 79.4 Å². The van der Waals surface area contributed by atoms with Gasteiger partial charge < -0.3 is 24.3 Å². The minimum atomic E-state index is 0.250. The van der Waals surface area contributed by atoms with Gasteiger partial charge in [-0.2, -0.15) is 0 Å². The van der Waals surface area contributed by atoms with Gasteiger partial charge in [-0.3, -0.25) is 0 Å². The van der Waals surface area contributed by atoms with E-state index in [4.69, 9.17) is 18.9 Å². The van der Waals surface area contributed by atoms with Gasteiger partial charge in [0.05, 0.1) is 28.4 Å². The van der Waals surface area contributed by atoms with Crippen molar-refractivity contribution in [1.82, 2.24) is 5.32 Å². The Labute approximate surface area is 223 Å². The van der Waals surface area contributed by atoms with E-state index < -0.39 is 0 Å². The molecule has 0 amide bonds. The molecule has 0 spiro atoms. The molecule has 200 valence electrons. The lowest BCUT2D eigenvalue weighted by molar-refractivity contribution is 0.355. The molecular weight excluding hydrogens is 462 g/mol. The van der Waals surface area contributed by atoms with Gasteiger partial charge in [0.15, 0.2) is 23.0 Å². The lowest BCUT2D eigenvalue weighted by Crippen LogP contribution is -2.16. The van der Waals surface area contributed by atoms with Crippen LogP contribution in [0.15, 0.2) is 71.8 Å². The molecule has 0 aromatic heterocycles. The van der Waals surface area contributed by atoms with Crippen LogP contribution in [0.5, 0.6) is 23.0 Å². The van der Waals surface area contributed by atoms with Crippen LogP contribution >= 0.6 is 0 Å². The van der Waals surface area contributed by atoms with Gasteiger partial charge in [-0.15, -0.1) is 0 Å². The third-order valence-corrected chi connectivity index (χ3v) is 6.12. The average Bonchev–Trinajstić information content (AvgIpc) is 2.93. The second-order valence-corrected chi connectivity index (χ2v) is 8.57. The van der Waals surface area contributed by atoms with Crippen molar-refractivity contribution in [3.05, 3.63) is 83.0 Å². The quantitative estimate of drug-likeness (QED) is 0.257. The van der Waals surface area contributed by atoms with Crippen LogP contribution in [-0.2, 0) is 0 Å². The van der Waals surface area contributed by atoms with E-state index in [0.717, 1.165) is 59.9 Å². The highest BCUT2D eigenvalue weighted by Gasteiger charge is 2.16. The topological polar surface area (TPSA) is 49.0 Å². The largest absolute Gasteiger partial charge is 0.493 e. The van der Waals surface area contributed by atoms with E-state index in [-0.39, 0.29) is 5.92 Å². The van der Waals surface area contributed by atoms with Crippen molar-refractivity contribution >= 4 is 12.2 Å². The zero-order valence-corrected chi connectivity index (χ0v) is 23.5. The summed E-state index contributed by atoms with van der Waals surface area (Å²) < 4.78 is 21.8. The van der Waals surface area contributed by atoms with Crippen LogP contribution in [-0.4, -0.2) is 42.0 Å². The Morgan fingerprint density at radius 2 is 1.14 bits per heavy atom. The Balaban J connectivity index is 2.43. The van der Waals surface area contributed by atoms with Gasteiger partial charge in [0, 0.05) is 5.92 Å². The van der Waals surface area contributed by atoms with Crippen LogP contribution in [0.2, 0.25) is 0 Å². The van der Waals surface area contributed by atoms with E-state index in [1.807, 2.05) is 43.4 Å². The molecule has 0 bridgehead atoms. The molecular formula is C32H43NO4. The molecule has 1 N–H and O–H groups in total. The van der Waals surface area contributed by atoms with Crippen LogP contribution in [0.4, 0.5) is 0 Å². The number of allylic oxidation sites excluding steroid dienone is 6. The molecule has 0 saturated carbocycles. The van der Waals surface area contributed by atoms with E-state index in [0.29, 0.717) is 0 Å². The van der Waals surface area contributed by atoms with Crippen molar-refractivity contribution in [3.8, 4) is 23.0 Å². The minimum absolute atomic E-state index is 0.250. The van der Waals surface area contributed by atoms with Crippen LogP contribution in [0.1, 0.15) is 44.2 Å². The molecule has 0 saturated heterocycles. The Bertz CT molecular complexity index is 1010. The van der Waals surface area contributed by atoms with Crippen LogP contribution < -0.4 is 24.3 Å². The molecule has 0 radical (unpaired) electrons. The molecule has 5 nitrogen and oxygen atoms in total. The fraction of sp³-hybridized carbons (Fsp3) is 0.375. The van der Waals surface area contributed by atoms with Crippen molar-refractivity contribution in [1.29, 1.82) is 0 Å². The zero-order chi connectivity index (χ0) is 27.0. The molecule has 0 fully saturated rings. The van der Waals surface area contributed by atoms with Crippen LogP contribution in [0.3, 0.4) is 0 Å². The highest BCUT2D eigenvalue weighted by atomic mass is 16.5. The van der Waals surface area contributed by atoms with Crippen LogP contribution in [0, 0.1) is 5.92 Å². The maximum Gasteiger partial charge on any atom is 0.161 e. The summed E-state index contributed by atoms with van der Waals surface area (Å²) in [6.45, 7) is 5.28. The summed E-state index contributed by atoms with van der Waals surface area (Å²) >= 11 is 0. The van der Waals surface area contributed by atoms with Gasteiger partial charge in [-0.25, -0.2) is 0 Å². The molecule has 0 heterocycles. The Kier molecular flexibility index (Phi) is 13.1. The van der Waals surface area contributed by atoms with Crippen molar-refractivity contribution in [3.63, 3.8) is 0 Å². The summed E-state index contributed by atoms with van der Waals surface area (Å²) in [6.07, 6.45) is 16.3. The van der Waals surface area contributed by atoms with E-state index in [2.05, 4.69) is 55.6 Å². The predicted octanol–water partition coefficient (Wildman–Crippen LogP) is 7.35. The number of methoxy groups -OCH3 is 4. The highest BCUT2D eigenvalue weighted by Crippen LogP contribution is 2.32. The third kappa shape index (κ3) is 8.87. The summed E-state index contributed by atoms with van der Waals surface area (Å²) in [5.74, 6) is 3.15. The maximum atomic E-state index is 5.49. The lowest BCUT2D eigenvalue weighted by atomic mass is 9.85. The SMILES string of the molecule is CC/C=C(/C=C/c1ccc(OC)c(OC)c1)C(CCNC)C(/C=C/c1ccc(OC)c(OC)c1)=C/CC. The summed E-state index contributed by atoms with van der Waals surface area (Å²) in [6, 6.07) is 12.0. The van der Waals surface area contributed by atoms with Gasteiger partial charge in [0.1, 0.15) is 0 Å². The van der Waals surface area contributed by atoms with E-state index in [1.165, 1.54) is 11.1 Å². The average molecular weight is 506 g/mol. The second-order valence-electron chi connectivity index (χ2n) is 8.57. The van der Waals surface area contributed by atoms with E-state index in [1.54, 1.807) is 28.4 Å². The highest BCUT2D eigenvalue weighted by molar-refractivity contribution is 5.61. The standard InChI is InChI=1S/C32H43NO4/c1-8-10-26(16-12-24-14-18-29(34-4)31(22-24)36-6)28(20-21-33-3)27(11-9-2)17-13-25-15-19-30(35-5)32(23-25)37-7/h10-19,22-23,28,33H,8-9,20-21H2,1-7H3/b16-12+,17-13+,26-10-,27-11+. The molecule has 0 aliphatic rings. The van der Waals surface area contributed by atoms with Crippen molar-refractivity contribution < 1.29 is 18.9 Å². The molecule has 1 atom stereocenters. The van der Waals surface area contributed by atoms with Crippen molar-refractivity contribution in [2.45, 2.75) is 33.1 Å². The van der Waals surface area contributed by atoms with Gasteiger partial charge in [0.2, 0.25) is 0 Å². The molecule has 0 aliphatic heterocycles. The Morgan fingerprint density at radius 1 is 0.703 bits per heavy atom. The summed E-state index contributed by atoms with van der Waals surface area (Å²) in [5, 5.41) is 3.33. The first kappa shape index (κ1) is 29.8. The molecule has 2 aromatic rings. The van der Waals surface area contributed by atoms with Crippen LogP contribution in [0.25, 0.3) is 12.2 Å². The van der Waals surface area contributed by atoms with Gasteiger partial charge in [0.25, 0.3) is 0 Å². The lowest BCUT2D eigenvalue weighted by Gasteiger charge is -2.21. The molecule has 2 rings (SSSR count). The zero-order valence-electron chi connectivity index (χ0n) is 23.5. The number of hydrogen-bond acceptors (Lipinski definition) is 5. The molecule has 5 heteroatoms. The number of benzene rings is 2. The first-order valence-corrected chi connectivity index (χ1v) is 12.9. The fourth-order valence-electron chi connectivity index (χ4n) is 4.24. The van der Waals surface area contributed by atoms with Crippen molar-refractivity contribution in [2.75, 3.05) is 42.0 Å². The minimum Gasteiger partial charge on any atom is -0.493 e. The molecule has 0 aliphatic carbocycles. The smallest absolute Gasteiger partial charge is 0.161 e. The Morgan fingerprint density at radius 3 is 1.49 bits per heavy atom. The summed E-state index contributed by atoms with van der Waals surface area (Å²) in [7, 11) is 8.63.